The van der Waals surface area contributed by atoms with Gasteiger partial charge >= 0.3 is 0 Å². The number of rotatable bonds is 4. The Balaban J connectivity index is 2.15. The predicted molar refractivity (Wildman–Crippen MR) is 52.6 cm³/mol. The van der Waals surface area contributed by atoms with E-state index in [0.717, 1.165) is 32.5 Å². The van der Waals surface area contributed by atoms with E-state index >= 15 is 0 Å². The number of likely N-dealkylation sites (tertiary alicyclic amines) is 1. The van der Waals surface area contributed by atoms with Crippen LogP contribution in [0.15, 0.2) is 0 Å². The van der Waals surface area contributed by atoms with Gasteiger partial charge in [-0.05, 0) is 26.7 Å². The van der Waals surface area contributed by atoms with Crippen LogP contribution >= 0.6 is 0 Å². The van der Waals surface area contributed by atoms with Crippen molar-refractivity contribution in [2.45, 2.75) is 44.8 Å². The van der Waals surface area contributed by atoms with Gasteiger partial charge in [0, 0.05) is 19.6 Å². The molecule has 13 heavy (non-hydrogen) atoms. The molecule has 2 N–H and O–H groups in total. The first kappa shape index (κ1) is 11.0. The highest BCUT2D eigenvalue weighted by Gasteiger charge is 2.39. The van der Waals surface area contributed by atoms with Gasteiger partial charge in [0.05, 0.1) is 11.2 Å². The molecule has 0 atom stereocenters. The van der Waals surface area contributed by atoms with Gasteiger partial charge in [0.15, 0.2) is 0 Å². The highest BCUT2D eigenvalue weighted by molar-refractivity contribution is 4.94. The summed E-state index contributed by atoms with van der Waals surface area (Å²) in [5, 5.41) is 19.2. The average molecular weight is 187 g/mol. The zero-order chi connectivity index (χ0) is 10.1. The second-order valence-electron chi connectivity index (χ2n) is 4.85. The molecule has 0 bridgehead atoms. The Kier molecular flexibility index (Phi) is 3.00. The number of nitrogens with zero attached hydrogens (tertiary/aromatic N) is 1. The molecule has 1 fully saturated rings. The quantitative estimate of drug-likeness (QED) is 0.677. The Morgan fingerprint density at radius 2 is 1.92 bits per heavy atom. The van der Waals surface area contributed by atoms with Crippen molar-refractivity contribution in [2.75, 3.05) is 19.6 Å². The summed E-state index contributed by atoms with van der Waals surface area (Å²) in [4.78, 5) is 2.18. The van der Waals surface area contributed by atoms with Gasteiger partial charge in [-0.1, -0.05) is 6.92 Å². The SMILES string of the molecule is CCC1(O)CN(CCC(C)(C)O)C1. The molecule has 0 radical (unpaired) electrons. The van der Waals surface area contributed by atoms with Crippen LogP contribution < -0.4 is 0 Å². The van der Waals surface area contributed by atoms with E-state index in [1.54, 1.807) is 0 Å². The third-order valence-corrected chi connectivity index (χ3v) is 2.73. The van der Waals surface area contributed by atoms with Gasteiger partial charge in [0.25, 0.3) is 0 Å². The summed E-state index contributed by atoms with van der Waals surface area (Å²) < 4.78 is 0. The van der Waals surface area contributed by atoms with Gasteiger partial charge in [-0.3, -0.25) is 4.90 Å². The topological polar surface area (TPSA) is 43.7 Å². The van der Waals surface area contributed by atoms with Crippen LogP contribution in [-0.4, -0.2) is 45.9 Å². The molecule has 0 aromatic rings. The number of hydrogen-bond donors (Lipinski definition) is 2. The van der Waals surface area contributed by atoms with Crippen LogP contribution in [0.1, 0.15) is 33.6 Å². The van der Waals surface area contributed by atoms with Crippen molar-refractivity contribution in [3.63, 3.8) is 0 Å². The molecule has 78 valence electrons. The summed E-state index contributed by atoms with van der Waals surface area (Å²) in [6, 6.07) is 0. The Morgan fingerprint density at radius 1 is 1.38 bits per heavy atom. The zero-order valence-corrected chi connectivity index (χ0v) is 8.88. The van der Waals surface area contributed by atoms with E-state index in [2.05, 4.69) is 4.90 Å². The molecule has 0 saturated carbocycles. The molecule has 0 unspecified atom stereocenters. The minimum Gasteiger partial charge on any atom is -0.390 e. The summed E-state index contributed by atoms with van der Waals surface area (Å²) in [6.07, 6.45) is 1.60. The summed E-state index contributed by atoms with van der Waals surface area (Å²) in [5.41, 5.74) is -1.03. The van der Waals surface area contributed by atoms with Crippen LogP contribution in [0.5, 0.6) is 0 Å². The van der Waals surface area contributed by atoms with E-state index in [9.17, 15) is 10.2 Å². The maximum absolute atomic E-state index is 9.71. The average Bonchev–Trinajstić information content (AvgIpc) is 1.94. The fraction of sp³-hybridized carbons (Fsp3) is 1.00. The Bertz CT molecular complexity index is 168. The molecule has 1 heterocycles. The van der Waals surface area contributed by atoms with Gasteiger partial charge in [0.1, 0.15) is 0 Å². The van der Waals surface area contributed by atoms with E-state index in [1.165, 1.54) is 0 Å². The van der Waals surface area contributed by atoms with Crippen molar-refractivity contribution < 1.29 is 10.2 Å². The van der Waals surface area contributed by atoms with E-state index in [4.69, 9.17) is 0 Å². The number of β-amino-alcohol motifs (C(OH)–C–C–N with tert-alkyl or cyclic N) is 1. The second kappa shape index (κ2) is 3.56. The van der Waals surface area contributed by atoms with Crippen LogP contribution in [-0.2, 0) is 0 Å². The lowest BCUT2D eigenvalue weighted by molar-refractivity contribution is -0.105. The second-order valence-corrected chi connectivity index (χ2v) is 4.85. The molecule has 1 saturated heterocycles. The first-order valence-corrected chi connectivity index (χ1v) is 5.02. The van der Waals surface area contributed by atoms with Gasteiger partial charge < -0.3 is 10.2 Å². The molecule has 1 aliphatic heterocycles. The standard InChI is InChI=1S/C10H21NO2/c1-4-10(13)7-11(8-10)6-5-9(2,3)12/h12-13H,4-8H2,1-3H3. The van der Waals surface area contributed by atoms with Gasteiger partial charge in [0.2, 0.25) is 0 Å². The van der Waals surface area contributed by atoms with Crippen LogP contribution in [0.3, 0.4) is 0 Å². The van der Waals surface area contributed by atoms with Crippen LogP contribution in [0.25, 0.3) is 0 Å². The molecule has 0 aromatic carbocycles. The summed E-state index contributed by atoms with van der Waals surface area (Å²) in [6.45, 7) is 8.05. The molecule has 0 amide bonds. The van der Waals surface area contributed by atoms with Crippen molar-refractivity contribution in [3.05, 3.63) is 0 Å². The van der Waals surface area contributed by atoms with Crippen LogP contribution in [0, 0.1) is 0 Å². The Hall–Kier alpha value is -0.120. The highest BCUT2D eigenvalue weighted by Crippen LogP contribution is 2.24. The van der Waals surface area contributed by atoms with Gasteiger partial charge in [-0.2, -0.15) is 0 Å². The smallest absolute Gasteiger partial charge is 0.0897 e. The molecule has 0 spiro atoms. The highest BCUT2D eigenvalue weighted by atomic mass is 16.3. The van der Waals surface area contributed by atoms with E-state index < -0.39 is 11.2 Å². The van der Waals surface area contributed by atoms with E-state index in [-0.39, 0.29) is 0 Å². The molecule has 1 aliphatic rings. The van der Waals surface area contributed by atoms with Crippen molar-refractivity contribution in [1.29, 1.82) is 0 Å². The maximum Gasteiger partial charge on any atom is 0.0897 e. The molecule has 0 aromatic heterocycles. The minimum atomic E-state index is -0.583. The Morgan fingerprint density at radius 3 is 2.31 bits per heavy atom. The van der Waals surface area contributed by atoms with Crippen molar-refractivity contribution in [2.24, 2.45) is 0 Å². The number of hydrogen-bond acceptors (Lipinski definition) is 3. The van der Waals surface area contributed by atoms with Crippen molar-refractivity contribution in [3.8, 4) is 0 Å². The largest absolute Gasteiger partial charge is 0.390 e. The van der Waals surface area contributed by atoms with E-state index in [0.29, 0.717) is 0 Å². The molecular weight excluding hydrogens is 166 g/mol. The normalized spacial score (nSPS) is 22.8. The zero-order valence-electron chi connectivity index (χ0n) is 8.88. The monoisotopic (exact) mass is 187 g/mol. The fourth-order valence-corrected chi connectivity index (χ4v) is 1.60. The predicted octanol–water partition coefficient (Wildman–Crippen LogP) is 0.604. The first-order chi connectivity index (χ1) is 5.85. The van der Waals surface area contributed by atoms with E-state index in [1.807, 2.05) is 20.8 Å². The lowest BCUT2D eigenvalue weighted by Crippen LogP contribution is -2.61. The molecule has 1 rings (SSSR count). The summed E-state index contributed by atoms with van der Waals surface area (Å²) in [5.74, 6) is 0. The van der Waals surface area contributed by atoms with Crippen LogP contribution in [0.2, 0.25) is 0 Å². The lowest BCUT2D eigenvalue weighted by atomic mass is 9.90. The first-order valence-electron chi connectivity index (χ1n) is 5.02. The lowest BCUT2D eigenvalue weighted by Gasteiger charge is -2.46. The summed E-state index contributed by atoms with van der Waals surface area (Å²) in [7, 11) is 0. The summed E-state index contributed by atoms with van der Waals surface area (Å²) >= 11 is 0. The molecule has 3 nitrogen and oxygen atoms in total. The maximum atomic E-state index is 9.71. The van der Waals surface area contributed by atoms with Crippen LogP contribution in [0.4, 0.5) is 0 Å². The third kappa shape index (κ3) is 3.25. The van der Waals surface area contributed by atoms with Gasteiger partial charge in [-0.15, -0.1) is 0 Å². The number of aliphatic hydroxyl groups is 2. The van der Waals surface area contributed by atoms with Gasteiger partial charge in [-0.25, -0.2) is 0 Å². The van der Waals surface area contributed by atoms with Crippen molar-refractivity contribution >= 4 is 0 Å². The third-order valence-electron chi connectivity index (χ3n) is 2.73. The Labute approximate surface area is 80.4 Å². The molecule has 3 heteroatoms. The van der Waals surface area contributed by atoms with Crippen molar-refractivity contribution in [1.82, 2.24) is 4.90 Å². The minimum absolute atomic E-state index is 0.445. The molecule has 0 aliphatic carbocycles. The fourth-order valence-electron chi connectivity index (χ4n) is 1.60. The molecular formula is C10H21NO2.